The van der Waals surface area contributed by atoms with Crippen LogP contribution in [0.5, 0.6) is 0 Å². The standard InChI is InChI=1S/C15H19N3O/c16-9-12-1-3-13(4-2-12)17-10-15-11-18(7-8-19-15)14-5-6-14/h1-4,14-15,17H,5-8,10-11H2. The molecule has 1 saturated heterocycles. The summed E-state index contributed by atoms with van der Waals surface area (Å²) in [6, 6.07) is 10.5. The predicted molar refractivity (Wildman–Crippen MR) is 74.0 cm³/mol. The predicted octanol–water partition coefficient (Wildman–Crippen LogP) is 1.83. The molecule has 4 nitrogen and oxygen atoms in total. The lowest BCUT2D eigenvalue weighted by Gasteiger charge is -2.33. The molecule has 0 amide bonds. The van der Waals surface area contributed by atoms with Crippen LogP contribution in [0.25, 0.3) is 0 Å². The number of hydrogen-bond acceptors (Lipinski definition) is 4. The summed E-state index contributed by atoms with van der Waals surface area (Å²) in [4.78, 5) is 2.55. The molecule has 4 heteroatoms. The number of nitriles is 1. The third-order valence-electron chi connectivity index (χ3n) is 3.78. The Morgan fingerprint density at radius 3 is 2.79 bits per heavy atom. The molecule has 19 heavy (non-hydrogen) atoms. The maximum Gasteiger partial charge on any atom is 0.0991 e. The fourth-order valence-electron chi connectivity index (χ4n) is 2.53. The van der Waals surface area contributed by atoms with E-state index >= 15 is 0 Å². The van der Waals surface area contributed by atoms with E-state index in [-0.39, 0.29) is 6.10 Å². The van der Waals surface area contributed by atoms with E-state index in [9.17, 15) is 0 Å². The van der Waals surface area contributed by atoms with Crippen LogP contribution in [0.15, 0.2) is 24.3 Å². The molecule has 1 saturated carbocycles. The Labute approximate surface area is 114 Å². The van der Waals surface area contributed by atoms with Crippen molar-refractivity contribution in [3.63, 3.8) is 0 Å². The van der Waals surface area contributed by atoms with Crippen molar-refractivity contribution < 1.29 is 4.74 Å². The molecule has 1 aliphatic heterocycles. The number of ether oxygens (including phenoxy) is 1. The lowest BCUT2D eigenvalue weighted by atomic mass is 10.2. The maximum atomic E-state index is 8.75. The highest BCUT2D eigenvalue weighted by Crippen LogP contribution is 2.28. The monoisotopic (exact) mass is 257 g/mol. The van der Waals surface area contributed by atoms with Gasteiger partial charge in [-0.3, -0.25) is 4.90 Å². The molecule has 100 valence electrons. The number of rotatable bonds is 4. The number of morpholine rings is 1. The van der Waals surface area contributed by atoms with Crippen LogP contribution in [0, 0.1) is 11.3 Å². The van der Waals surface area contributed by atoms with Gasteiger partial charge in [0.25, 0.3) is 0 Å². The van der Waals surface area contributed by atoms with Crippen molar-refractivity contribution in [2.45, 2.75) is 25.0 Å². The zero-order valence-corrected chi connectivity index (χ0v) is 11.0. The van der Waals surface area contributed by atoms with Crippen molar-refractivity contribution in [2.75, 3.05) is 31.6 Å². The average molecular weight is 257 g/mol. The van der Waals surface area contributed by atoms with Crippen LogP contribution >= 0.6 is 0 Å². The van der Waals surface area contributed by atoms with Crippen LogP contribution in [-0.4, -0.2) is 43.3 Å². The molecule has 3 rings (SSSR count). The summed E-state index contributed by atoms with van der Waals surface area (Å²) in [6.07, 6.45) is 2.98. The van der Waals surface area contributed by atoms with Gasteiger partial charge in [-0.1, -0.05) is 0 Å². The third-order valence-corrected chi connectivity index (χ3v) is 3.78. The van der Waals surface area contributed by atoms with E-state index in [0.29, 0.717) is 5.56 Å². The topological polar surface area (TPSA) is 48.3 Å². The lowest BCUT2D eigenvalue weighted by molar-refractivity contribution is -0.0241. The Balaban J connectivity index is 1.49. The summed E-state index contributed by atoms with van der Waals surface area (Å²) in [5, 5.41) is 12.1. The summed E-state index contributed by atoms with van der Waals surface area (Å²) in [7, 11) is 0. The Hall–Kier alpha value is -1.57. The molecular formula is C15H19N3O. The fraction of sp³-hybridized carbons (Fsp3) is 0.533. The third kappa shape index (κ3) is 3.25. The summed E-state index contributed by atoms with van der Waals surface area (Å²) in [5.41, 5.74) is 1.74. The molecule has 2 fully saturated rings. The zero-order valence-electron chi connectivity index (χ0n) is 11.0. The van der Waals surface area contributed by atoms with Crippen LogP contribution in [0.3, 0.4) is 0 Å². The van der Waals surface area contributed by atoms with Gasteiger partial charge in [0.2, 0.25) is 0 Å². The van der Waals surface area contributed by atoms with Crippen molar-refractivity contribution >= 4 is 5.69 Å². The summed E-state index contributed by atoms with van der Waals surface area (Å²) >= 11 is 0. The second kappa shape index (κ2) is 5.60. The summed E-state index contributed by atoms with van der Waals surface area (Å²) < 4.78 is 5.80. The van der Waals surface area contributed by atoms with Crippen LogP contribution < -0.4 is 5.32 Å². The summed E-state index contributed by atoms with van der Waals surface area (Å²) in [5.74, 6) is 0. The SMILES string of the molecule is N#Cc1ccc(NCC2CN(C3CC3)CCO2)cc1. The lowest BCUT2D eigenvalue weighted by Crippen LogP contribution is -2.46. The van der Waals surface area contributed by atoms with Gasteiger partial charge in [0.05, 0.1) is 24.3 Å². The first-order valence-corrected chi connectivity index (χ1v) is 6.95. The van der Waals surface area contributed by atoms with Crippen molar-refractivity contribution in [2.24, 2.45) is 0 Å². The maximum absolute atomic E-state index is 8.75. The average Bonchev–Trinajstić information content (AvgIpc) is 3.31. The van der Waals surface area contributed by atoms with Gasteiger partial charge in [0.1, 0.15) is 0 Å². The minimum atomic E-state index is 0.269. The molecule has 1 unspecified atom stereocenters. The highest BCUT2D eigenvalue weighted by atomic mass is 16.5. The van der Waals surface area contributed by atoms with Crippen LogP contribution in [0.1, 0.15) is 18.4 Å². The van der Waals surface area contributed by atoms with Gasteiger partial charge in [-0.25, -0.2) is 0 Å². The minimum Gasteiger partial charge on any atom is -0.382 e. The second-order valence-electron chi connectivity index (χ2n) is 5.29. The highest BCUT2D eigenvalue weighted by Gasteiger charge is 2.32. The van der Waals surface area contributed by atoms with Gasteiger partial charge >= 0.3 is 0 Å². The van der Waals surface area contributed by atoms with Crippen molar-refractivity contribution in [3.05, 3.63) is 29.8 Å². The number of benzene rings is 1. The molecular weight excluding hydrogens is 238 g/mol. The molecule has 1 heterocycles. The number of anilines is 1. The largest absolute Gasteiger partial charge is 0.382 e. The van der Waals surface area contributed by atoms with Gasteiger partial charge < -0.3 is 10.1 Å². The molecule has 0 spiro atoms. The van der Waals surface area contributed by atoms with Crippen molar-refractivity contribution in [1.82, 2.24) is 4.90 Å². The Morgan fingerprint density at radius 1 is 1.32 bits per heavy atom. The van der Waals surface area contributed by atoms with E-state index in [4.69, 9.17) is 10.00 Å². The van der Waals surface area contributed by atoms with Gasteiger partial charge in [-0.15, -0.1) is 0 Å². The first kappa shape index (κ1) is 12.5. The number of hydrogen-bond donors (Lipinski definition) is 1. The Bertz CT molecular complexity index is 461. The van der Waals surface area contributed by atoms with Crippen LogP contribution in [0.2, 0.25) is 0 Å². The van der Waals surface area contributed by atoms with E-state index in [1.54, 1.807) is 0 Å². The molecule has 1 aliphatic carbocycles. The number of nitrogens with zero attached hydrogens (tertiary/aromatic N) is 2. The summed E-state index contributed by atoms with van der Waals surface area (Å²) in [6.45, 7) is 3.79. The molecule has 0 radical (unpaired) electrons. The molecule has 1 aromatic carbocycles. The molecule has 1 N–H and O–H groups in total. The van der Waals surface area contributed by atoms with E-state index in [1.165, 1.54) is 12.8 Å². The molecule has 0 aromatic heterocycles. The first-order chi connectivity index (χ1) is 9.35. The Kier molecular flexibility index (Phi) is 3.67. The minimum absolute atomic E-state index is 0.269. The zero-order chi connectivity index (χ0) is 13.1. The van der Waals surface area contributed by atoms with Gasteiger partial charge in [0, 0.05) is 31.4 Å². The molecule has 0 bridgehead atoms. The Morgan fingerprint density at radius 2 is 2.11 bits per heavy atom. The van der Waals surface area contributed by atoms with Gasteiger partial charge in [0.15, 0.2) is 0 Å². The molecule has 1 aromatic rings. The normalized spacial score (nSPS) is 23.8. The first-order valence-electron chi connectivity index (χ1n) is 6.95. The fourth-order valence-corrected chi connectivity index (χ4v) is 2.53. The van der Waals surface area contributed by atoms with Crippen molar-refractivity contribution in [1.29, 1.82) is 5.26 Å². The molecule has 2 aliphatic rings. The van der Waals surface area contributed by atoms with E-state index < -0.39 is 0 Å². The number of nitrogens with one attached hydrogen (secondary N) is 1. The van der Waals surface area contributed by atoms with E-state index in [1.807, 2.05) is 24.3 Å². The van der Waals surface area contributed by atoms with Gasteiger partial charge in [-0.2, -0.15) is 5.26 Å². The van der Waals surface area contributed by atoms with E-state index in [2.05, 4.69) is 16.3 Å². The van der Waals surface area contributed by atoms with Crippen LogP contribution in [-0.2, 0) is 4.74 Å². The molecule has 1 atom stereocenters. The van der Waals surface area contributed by atoms with Gasteiger partial charge in [-0.05, 0) is 37.1 Å². The van der Waals surface area contributed by atoms with Crippen LogP contribution in [0.4, 0.5) is 5.69 Å². The highest BCUT2D eigenvalue weighted by molar-refractivity contribution is 5.47. The second-order valence-corrected chi connectivity index (χ2v) is 5.29. The smallest absolute Gasteiger partial charge is 0.0991 e. The van der Waals surface area contributed by atoms with Crippen molar-refractivity contribution in [3.8, 4) is 6.07 Å². The quantitative estimate of drug-likeness (QED) is 0.894. The van der Waals surface area contributed by atoms with E-state index in [0.717, 1.165) is 38.0 Å².